The van der Waals surface area contributed by atoms with Crippen molar-refractivity contribution in [3.63, 3.8) is 0 Å². The molecule has 7 nitrogen and oxygen atoms in total. The highest BCUT2D eigenvalue weighted by Gasteiger charge is 2.23. The van der Waals surface area contributed by atoms with Gasteiger partial charge in [-0.3, -0.25) is 0 Å². The molecular weight excluding hydrogens is 206 g/mol. The molecule has 0 aromatic carbocycles. The third kappa shape index (κ3) is 1.79. The molecule has 1 aliphatic heterocycles. The molecule has 0 amide bonds. The fourth-order valence-corrected chi connectivity index (χ4v) is 2.52. The van der Waals surface area contributed by atoms with Gasteiger partial charge in [-0.2, -0.15) is 4.98 Å². The molecule has 2 heterocycles. The number of hydrogen-bond acceptors (Lipinski definition) is 6. The van der Waals surface area contributed by atoms with Crippen molar-refractivity contribution in [2.45, 2.75) is 0 Å². The smallest absolute Gasteiger partial charge is 0.246 e. The zero-order chi connectivity index (χ0) is 10.2. The second kappa shape index (κ2) is 3.12. The van der Waals surface area contributed by atoms with Crippen molar-refractivity contribution in [2.24, 2.45) is 0 Å². The summed E-state index contributed by atoms with van der Waals surface area (Å²) in [6.07, 6.45) is 0. The van der Waals surface area contributed by atoms with E-state index in [1.807, 2.05) is 0 Å². The third-order valence-electron chi connectivity index (χ3n) is 2.12. The summed E-state index contributed by atoms with van der Waals surface area (Å²) in [5, 5.41) is 6.37. The second-order valence-electron chi connectivity index (χ2n) is 3.16. The Bertz CT molecular complexity index is 411. The Morgan fingerprint density at radius 2 is 2.00 bits per heavy atom. The van der Waals surface area contributed by atoms with Crippen molar-refractivity contribution >= 4 is 21.7 Å². The average Bonchev–Trinajstić information content (AvgIpc) is 2.52. The summed E-state index contributed by atoms with van der Waals surface area (Å²) < 4.78 is 22.3. The molecule has 0 bridgehead atoms. The number of sulfone groups is 1. The van der Waals surface area contributed by atoms with Crippen LogP contribution in [0.25, 0.3) is 0 Å². The van der Waals surface area contributed by atoms with Gasteiger partial charge < -0.3 is 10.6 Å². The van der Waals surface area contributed by atoms with Crippen LogP contribution in [0.1, 0.15) is 0 Å². The summed E-state index contributed by atoms with van der Waals surface area (Å²) in [5.41, 5.74) is 5.36. The van der Waals surface area contributed by atoms with Crippen molar-refractivity contribution in [1.29, 1.82) is 0 Å². The van der Waals surface area contributed by atoms with Crippen molar-refractivity contribution in [3.05, 3.63) is 0 Å². The number of nitrogen functional groups attached to an aromatic ring is 1. The molecule has 0 radical (unpaired) electrons. The third-order valence-corrected chi connectivity index (χ3v) is 3.73. The lowest BCUT2D eigenvalue weighted by Gasteiger charge is -2.24. The van der Waals surface area contributed by atoms with E-state index in [9.17, 15) is 8.42 Å². The fraction of sp³-hybridized carbons (Fsp3) is 0.667. The molecule has 1 aromatic heterocycles. The maximum absolute atomic E-state index is 11.1. The van der Waals surface area contributed by atoms with E-state index < -0.39 is 9.84 Å². The maximum atomic E-state index is 11.1. The monoisotopic (exact) mass is 217 g/mol. The van der Waals surface area contributed by atoms with Gasteiger partial charge in [0, 0.05) is 13.1 Å². The van der Waals surface area contributed by atoms with Crippen molar-refractivity contribution < 1.29 is 8.42 Å². The Labute approximate surface area is 81.2 Å². The molecule has 1 aliphatic rings. The normalized spacial score (nSPS) is 21.0. The maximum Gasteiger partial charge on any atom is 0.246 e. The minimum absolute atomic E-state index is 0.154. The predicted molar refractivity (Wildman–Crippen MR) is 51.7 cm³/mol. The van der Waals surface area contributed by atoms with E-state index in [0.29, 0.717) is 19.0 Å². The largest absolute Gasteiger partial charge is 0.368 e. The van der Waals surface area contributed by atoms with Crippen LogP contribution in [0.5, 0.6) is 0 Å². The molecule has 1 aromatic rings. The lowest BCUT2D eigenvalue weighted by Crippen LogP contribution is -2.40. The van der Waals surface area contributed by atoms with E-state index >= 15 is 0 Å². The molecule has 0 unspecified atom stereocenters. The Morgan fingerprint density at radius 3 is 2.50 bits per heavy atom. The topological polar surface area (TPSA) is 105 Å². The highest BCUT2D eigenvalue weighted by molar-refractivity contribution is 7.91. The van der Waals surface area contributed by atoms with E-state index in [1.54, 1.807) is 4.90 Å². The summed E-state index contributed by atoms with van der Waals surface area (Å²) in [7, 11) is -2.86. The van der Waals surface area contributed by atoms with E-state index in [0.717, 1.165) is 0 Å². The molecule has 3 N–H and O–H groups in total. The molecule has 8 heteroatoms. The van der Waals surface area contributed by atoms with Crippen LogP contribution in [0.15, 0.2) is 0 Å². The summed E-state index contributed by atoms with van der Waals surface area (Å²) in [6, 6.07) is 0. The summed E-state index contributed by atoms with van der Waals surface area (Å²) in [5.74, 6) is 1.02. The van der Waals surface area contributed by atoms with Gasteiger partial charge in [0.2, 0.25) is 11.9 Å². The molecule has 0 aliphatic carbocycles. The highest BCUT2D eigenvalue weighted by atomic mass is 32.2. The van der Waals surface area contributed by atoms with E-state index in [-0.39, 0.29) is 17.5 Å². The Balaban J connectivity index is 2.09. The van der Waals surface area contributed by atoms with E-state index in [4.69, 9.17) is 5.73 Å². The number of aromatic nitrogens is 3. The number of nitrogens with zero attached hydrogens (tertiary/aromatic N) is 3. The highest BCUT2D eigenvalue weighted by Crippen LogP contribution is 2.11. The quantitative estimate of drug-likeness (QED) is 0.600. The first kappa shape index (κ1) is 9.25. The summed E-state index contributed by atoms with van der Waals surface area (Å²) in [4.78, 5) is 5.72. The number of rotatable bonds is 1. The van der Waals surface area contributed by atoms with Crippen LogP contribution < -0.4 is 10.6 Å². The van der Waals surface area contributed by atoms with Gasteiger partial charge in [0.25, 0.3) is 0 Å². The molecular formula is C6H11N5O2S. The standard InChI is InChI=1S/C6H11N5O2S/c7-5-8-6(10-9-5)11-1-3-14(12,13)4-2-11/h1-4H2,(H3,7,8,9,10). The lowest BCUT2D eigenvalue weighted by atomic mass is 10.5. The second-order valence-corrected chi connectivity index (χ2v) is 5.46. The van der Waals surface area contributed by atoms with Crippen LogP contribution in [0.3, 0.4) is 0 Å². The zero-order valence-electron chi connectivity index (χ0n) is 7.47. The van der Waals surface area contributed by atoms with Crippen molar-refractivity contribution in [2.75, 3.05) is 35.2 Å². The molecule has 0 spiro atoms. The molecule has 2 rings (SSSR count). The van der Waals surface area contributed by atoms with Gasteiger partial charge in [-0.15, -0.1) is 5.10 Å². The SMILES string of the molecule is Nc1nc(N2CCS(=O)(=O)CC2)n[nH]1. The van der Waals surface area contributed by atoms with Crippen LogP contribution in [-0.2, 0) is 9.84 Å². The van der Waals surface area contributed by atoms with E-state index in [2.05, 4.69) is 15.2 Å². The minimum atomic E-state index is -2.86. The van der Waals surface area contributed by atoms with E-state index in [1.165, 1.54) is 0 Å². The zero-order valence-corrected chi connectivity index (χ0v) is 8.29. The number of nitrogens with two attached hydrogens (primary N) is 1. The average molecular weight is 217 g/mol. The Hall–Kier alpha value is -1.31. The van der Waals surface area contributed by atoms with Crippen molar-refractivity contribution in [3.8, 4) is 0 Å². The first-order valence-corrected chi connectivity index (χ1v) is 6.02. The van der Waals surface area contributed by atoms with Gasteiger partial charge >= 0.3 is 0 Å². The number of anilines is 2. The first-order valence-electron chi connectivity index (χ1n) is 4.20. The van der Waals surface area contributed by atoms with Gasteiger partial charge in [-0.1, -0.05) is 0 Å². The molecule has 1 fully saturated rings. The molecule has 78 valence electrons. The summed E-state index contributed by atoms with van der Waals surface area (Å²) in [6.45, 7) is 0.860. The Morgan fingerprint density at radius 1 is 1.36 bits per heavy atom. The van der Waals surface area contributed by atoms with Gasteiger partial charge in [-0.05, 0) is 0 Å². The van der Waals surface area contributed by atoms with Gasteiger partial charge in [0.15, 0.2) is 9.84 Å². The van der Waals surface area contributed by atoms with Gasteiger partial charge in [-0.25, -0.2) is 13.5 Å². The Kier molecular flexibility index (Phi) is 2.06. The van der Waals surface area contributed by atoms with Gasteiger partial charge in [0.05, 0.1) is 11.5 Å². The van der Waals surface area contributed by atoms with Crippen LogP contribution in [-0.4, -0.2) is 48.2 Å². The lowest BCUT2D eigenvalue weighted by molar-refractivity contribution is 0.585. The molecule has 0 atom stereocenters. The molecule has 1 saturated heterocycles. The van der Waals surface area contributed by atoms with Gasteiger partial charge in [0.1, 0.15) is 0 Å². The van der Waals surface area contributed by atoms with Crippen LogP contribution in [0, 0.1) is 0 Å². The number of hydrogen-bond donors (Lipinski definition) is 2. The van der Waals surface area contributed by atoms with Crippen LogP contribution in [0.4, 0.5) is 11.9 Å². The number of nitrogens with one attached hydrogen (secondary N) is 1. The van der Waals surface area contributed by atoms with Crippen LogP contribution in [0.2, 0.25) is 0 Å². The molecule has 14 heavy (non-hydrogen) atoms. The first-order chi connectivity index (χ1) is 6.57. The van der Waals surface area contributed by atoms with Crippen molar-refractivity contribution in [1.82, 2.24) is 15.2 Å². The number of aromatic amines is 1. The fourth-order valence-electron chi connectivity index (χ4n) is 1.32. The van der Waals surface area contributed by atoms with Crippen LogP contribution >= 0.6 is 0 Å². The summed E-state index contributed by atoms with van der Waals surface area (Å²) >= 11 is 0. The minimum Gasteiger partial charge on any atom is -0.368 e. The molecule has 0 saturated carbocycles. The number of H-pyrrole nitrogens is 1. The predicted octanol–water partition coefficient (Wildman–Crippen LogP) is -1.38.